The van der Waals surface area contributed by atoms with Crippen molar-refractivity contribution in [2.45, 2.75) is 52.4 Å². The van der Waals surface area contributed by atoms with Gasteiger partial charge in [0.25, 0.3) is 0 Å². The van der Waals surface area contributed by atoms with Gasteiger partial charge in [0.05, 0.1) is 0 Å². The molecule has 1 nitrogen and oxygen atoms in total. The maximum Gasteiger partial charge on any atom is -0.00232 e. The first kappa shape index (κ1) is 11.0. The fraction of sp³-hybridized carbons (Fsp3) is 1.00. The molecule has 0 amide bonds. The molecule has 1 fully saturated rings. The normalized spacial score (nSPS) is 32.8. The molecule has 0 radical (unpaired) electrons. The van der Waals surface area contributed by atoms with E-state index >= 15 is 0 Å². The Morgan fingerprint density at radius 1 is 1.15 bits per heavy atom. The van der Waals surface area contributed by atoms with Gasteiger partial charge in [-0.05, 0) is 37.8 Å². The van der Waals surface area contributed by atoms with Gasteiger partial charge in [-0.3, -0.25) is 0 Å². The highest BCUT2D eigenvalue weighted by atomic mass is 14.9. The Bertz CT molecular complexity index is 110. The molecule has 13 heavy (non-hydrogen) atoms. The van der Waals surface area contributed by atoms with Gasteiger partial charge < -0.3 is 5.32 Å². The summed E-state index contributed by atoms with van der Waals surface area (Å²) < 4.78 is 0. The lowest BCUT2D eigenvalue weighted by Gasteiger charge is -2.19. The first-order valence-corrected chi connectivity index (χ1v) is 6.03. The van der Waals surface area contributed by atoms with E-state index in [2.05, 4.69) is 19.2 Å². The van der Waals surface area contributed by atoms with Crippen LogP contribution in [0.5, 0.6) is 0 Å². The predicted octanol–water partition coefficient (Wildman–Crippen LogP) is 3.20. The van der Waals surface area contributed by atoms with Crippen molar-refractivity contribution in [3.63, 3.8) is 0 Å². The van der Waals surface area contributed by atoms with E-state index in [1.54, 1.807) is 0 Å². The van der Waals surface area contributed by atoms with Crippen molar-refractivity contribution in [3.05, 3.63) is 0 Å². The highest BCUT2D eigenvalue weighted by Crippen LogP contribution is 2.19. The topological polar surface area (TPSA) is 12.0 Å². The van der Waals surface area contributed by atoms with E-state index in [4.69, 9.17) is 0 Å². The molecule has 1 aliphatic rings. The van der Waals surface area contributed by atoms with E-state index in [1.807, 2.05) is 0 Å². The minimum atomic E-state index is 0.887. The van der Waals surface area contributed by atoms with Gasteiger partial charge >= 0.3 is 0 Å². The summed E-state index contributed by atoms with van der Waals surface area (Å²) in [6.07, 6.45) is 8.55. The average molecular weight is 183 g/mol. The molecule has 2 atom stereocenters. The fourth-order valence-electron chi connectivity index (χ4n) is 2.24. The van der Waals surface area contributed by atoms with Crippen LogP contribution in [0.4, 0.5) is 0 Å². The van der Waals surface area contributed by atoms with Gasteiger partial charge in [-0.1, -0.05) is 39.5 Å². The van der Waals surface area contributed by atoms with Crippen molar-refractivity contribution in [1.29, 1.82) is 0 Å². The second-order valence-electron chi connectivity index (χ2n) is 4.66. The van der Waals surface area contributed by atoms with Gasteiger partial charge in [-0.15, -0.1) is 0 Å². The summed E-state index contributed by atoms with van der Waals surface area (Å²) >= 11 is 0. The zero-order chi connectivity index (χ0) is 9.52. The molecule has 0 aromatic heterocycles. The minimum Gasteiger partial charge on any atom is -0.316 e. The summed E-state index contributed by atoms with van der Waals surface area (Å²) in [5.74, 6) is 1.87. The first-order valence-electron chi connectivity index (χ1n) is 6.03. The SMILES string of the molecule is CC[C@H]1CCCC[C@H](C)CNCC1. The Balaban J connectivity index is 2.24. The van der Waals surface area contributed by atoms with Crippen LogP contribution in [0.2, 0.25) is 0 Å². The van der Waals surface area contributed by atoms with Gasteiger partial charge in [-0.25, -0.2) is 0 Å². The second kappa shape index (κ2) is 6.42. The lowest BCUT2D eigenvalue weighted by atomic mass is 9.92. The van der Waals surface area contributed by atoms with Crippen LogP contribution in [0.15, 0.2) is 0 Å². The molecule has 0 saturated carbocycles. The van der Waals surface area contributed by atoms with Crippen molar-refractivity contribution in [2.75, 3.05) is 13.1 Å². The molecule has 1 heterocycles. The monoisotopic (exact) mass is 183 g/mol. The van der Waals surface area contributed by atoms with Crippen LogP contribution in [-0.2, 0) is 0 Å². The van der Waals surface area contributed by atoms with Crippen LogP contribution in [0.1, 0.15) is 52.4 Å². The highest BCUT2D eigenvalue weighted by Gasteiger charge is 2.09. The zero-order valence-corrected chi connectivity index (χ0v) is 9.31. The first-order chi connectivity index (χ1) is 6.33. The third-order valence-corrected chi connectivity index (χ3v) is 3.36. The number of hydrogen-bond donors (Lipinski definition) is 1. The molecule has 1 rings (SSSR count). The standard InChI is InChI=1S/C12H25N/c1-3-12-7-5-4-6-11(2)10-13-9-8-12/h11-13H,3-10H2,1-2H3/t11-,12-/m0/s1. The lowest BCUT2D eigenvalue weighted by Crippen LogP contribution is -2.24. The Morgan fingerprint density at radius 3 is 2.69 bits per heavy atom. The third-order valence-electron chi connectivity index (χ3n) is 3.36. The molecule has 78 valence electrons. The summed E-state index contributed by atoms with van der Waals surface area (Å²) in [7, 11) is 0. The number of hydrogen-bond acceptors (Lipinski definition) is 1. The van der Waals surface area contributed by atoms with Crippen LogP contribution in [0.3, 0.4) is 0 Å². The van der Waals surface area contributed by atoms with E-state index in [1.165, 1.54) is 51.6 Å². The molecule has 0 aromatic carbocycles. The van der Waals surface area contributed by atoms with Crippen molar-refractivity contribution >= 4 is 0 Å². The van der Waals surface area contributed by atoms with E-state index in [0.717, 1.165) is 11.8 Å². The van der Waals surface area contributed by atoms with Crippen molar-refractivity contribution in [1.82, 2.24) is 5.32 Å². The van der Waals surface area contributed by atoms with Crippen LogP contribution >= 0.6 is 0 Å². The van der Waals surface area contributed by atoms with E-state index in [0.29, 0.717) is 0 Å². The fourth-order valence-corrected chi connectivity index (χ4v) is 2.24. The van der Waals surface area contributed by atoms with Gasteiger partial charge in [0.1, 0.15) is 0 Å². The van der Waals surface area contributed by atoms with Crippen molar-refractivity contribution < 1.29 is 0 Å². The van der Waals surface area contributed by atoms with Crippen LogP contribution in [0, 0.1) is 11.8 Å². The minimum absolute atomic E-state index is 0.887. The largest absolute Gasteiger partial charge is 0.316 e. The van der Waals surface area contributed by atoms with Gasteiger partial charge in [0.15, 0.2) is 0 Å². The Kier molecular flexibility index (Phi) is 5.45. The smallest absolute Gasteiger partial charge is 0.00232 e. The molecule has 0 aromatic rings. The molecule has 0 aliphatic carbocycles. The van der Waals surface area contributed by atoms with Gasteiger partial charge in [0.2, 0.25) is 0 Å². The third kappa shape index (κ3) is 4.66. The molecule has 0 unspecified atom stereocenters. The molecule has 1 N–H and O–H groups in total. The Labute approximate surface area is 83.3 Å². The Morgan fingerprint density at radius 2 is 1.92 bits per heavy atom. The lowest BCUT2D eigenvalue weighted by molar-refractivity contribution is 0.359. The second-order valence-corrected chi connectivity index (χ2v) is 4.66. The van der Waals surface area contributed by atoms with E-state index < -0.39 is 0 Å². The summed E-state index contributed by atoms with van der Waals surface area (Å²) in [5, 5.41) is 3.57. The van der Waals surface area contributed by atoms with E-state index in [-0.39, 0.29) is 0 Å². The van der Waals surface area contributed by atoms with Crippen LogP contribution in [0.25, 0.3) is 0 Å². The average Bonchev–Trinajstić information content (AvgIpc) is 2.16. The number of nitrogens with one attached hydrogen (secondary N) is 1. The zero-order valence-electron chi connectivity index (χ0n) is 9.31. The molecule has 1 heteroatoms. The number of rotatable bonds is 1. The predicted molar refractivity (Wildman–Crippen MR) is 58.9 cm³/mol. The molecule has 1 aliphatic heterocycles. The summed E-state index contributed by atoms with van der Waals surface area (Å²) in [6, 6.07) is 0. The quantitative estimate of drug-likeness (QED) is 0.658. The molecule has 0 bridgehead atoms. The van der Waals surface area contributed by atoms with Crippen molar-refractivity contribution in [3.8, 4) is 0 Å². The molecule has 0 spiro atoms. The molecular weight excluding hydrogens is 158 g/mol. The van der Waals surface area contributed by atoms with Crippen LogP contribution in [-0.4, -0.2) is 13.1 Å². The maximum absolute atomic E-state index is 3.57. The van der Waals surface area contributed by atoms with E-state index in [9.17, 15) is 0 Å². The molecule has 1 saturated heterocycles. The summed E-state index contributed by atoms with van der Waals surface area (Å²) in [5.41, 5.74) is 0. The maximum atomic E-state index is 3.57. The Hall–Kier alpha value is -0.0400. The highest BCUT2D eigenvalue weighted by molar-refractivity contribution is 4.65. The van der Waals surface area contributed by atoms with Gasteiger partial charge in [0, 0.05) is 0 Å². The molecular formula is C12H25N. The summed E-state index contributed by atoms with van der Waals surface area (Å²) in [4.78, 5) is 0. The summed E-state index contributed by atoms with van der Waals surface area (Å²) in [6.45, 7) is 7.17. The van der Waals surface area contributed by atoms with Crippen LogP contribution < -0.4 is 5.32 Å². The van der Waals surface area contributed by atoms with Crippen molar-refractivity contribution in [2.24, 2.45) is 11.8 Å². The van der Waals surface area contributed by atoms with Gasteiger partial charge in [-0.2, -0.15) is 0 Å².